The molecule has 2 aromatic heterocycles. The summed E-state index contributed by atoms with van der Waals surface area (Å²) >= 11 is 0. The highest BCUT2D eigenvalue weighted by molar-refractivity contribution is 5.99. The van der Waals surface area contributed by atoms with Gasteiger partial charge >= 0.3 is 5.97 Å². The monoisotopic (exact) mass is 432 g/mol. The molecule has 9 nitrogen and oxygen atoms in total. The van der Waals surface area contributed by atoms with E-state index < -0.39 is 18.5 Å². The molecule has 0 fully saturated rings. The molecule has 0 saturated heterocycles. The fourth-order valence-electron chi connectivity index (χ4n) is 3.16. The van der Waals surface area contributed by atoms with Crippen molar-refractivity contribution >= 4 is 23.2 Å². The normalized spacial score (nSPS) is 10.6. The first-order valence-electron chi connectivity index (χ1n) is 9.68. The molecule has 0 aliphatic heterocycles. The molecular weight excluding hydrogens is 412 g/mol. The highest BCUT2D eigenvalue weighted by atomic mass is 16.5. The number of aromatic nitrogens is 3. The third kappa shape index (κ3) is 4.22. The SMILES string of the molecule is COc1ccc(NC(=O)COC(=O)c2cnn3c(-c4ccccc4)ccnc23)c(OC)c1. The predicted octanol–water partition coefficient (Wildman–Crippen LogP) is 3.21. The van der Waals surface area contributed by atoms with Crippen LogP contribution in [0.4, 0.5) is 5.69 Å². The number of amides is 1. The Morgan fingerprint density at radius 2 is 1.84 bits per heavy atom. The van der Waals surface area contributed by atoms with Crippen LogP contribution in [-0.2, 0) is 9.53 Å². The first-order valence-corrected chi connectivity index (χ1v) is 9.68. The molecule has 0 aliphatic carbocycles. The molecular formula is C23H20N4O5. The zero-order valence-corrected chi connectivity index (χ0v) is 17.4. The van der Waals surface area contributed by atoms with Crippen LogP contribution < -0.4 is 14.8 Å². The lowest BCUT2D eigenvalue weighted by Gasteiger charge is -2.11. The fourth-order valence-corrected chi connectivity index (χ4v) is 3.16. The second-order valence-corrected chi connectivity index (χ2v) is 6.68. The van der Waals surface area contributed by atoms with Crippen LogP contribution >= 0.6 is 0 Å². The third-order valence-electron chi connectivity index (χ3n) is 4.71. The number of carbonyl (C=O) groups is 2. The van der Waals surface area contributed by atoms with Gasteiger partial charge in [-0.25, -0.2) is 14.3 Å². The smallest absolute Gasteiger partial charge is 0.344 e. The summed E-state index contributed by atoms with van der Waals surface area (Å²) in [5.74, 6) is -0.211. The van der Waals surface area contributed by atoms with Crippen LogP contribution in [0, 0.1) is 0 Å². The van der Waals surface area contributed by atoms with Crippen LogP contribution in [0.5, 0.6) is 11.5 Å². The molecule has 2 aromatic carbocycles. The van der Waals surface area contributed by atoms with Gasteiger partial charge in [0.05, 0.1) is 31.8 Å². The summed E-state index contributed by atoms with van der Waals surface area (Å²) in [6, 6.07) is 16.4. The van der Waals surface area contributed by atoms with Gasteiger partial charge in [0.25, 0.3) is 5.91 Å². The Morgan fingerprint density at radius 1 is 1.03 bits per heavy atom. The molecule has 0 bridgehead atoms. The van der Waals surface area contributed by atoms with Gasteiger partial charge in [0.1, 0.15) is 17.1 Å². The van der Waals surface area contributed by atoms with Crippen LogP contribution in [0.3, 0.4) is 0 Å². The van der Waals surface area contributed by atoms with Gasteiger partial charge in [0.15, 0.2) is 12.3 Å². The molecule has 0 aliphatic rings. The lowest BCUT2D eigenvalue weighted by molar-refractivity contribution is -0.119. The summed E-state index contributed by atoms with van der Waals surface area (Å²) in [4.78, 5) is 29.1. The average Bonchev–Trinajstić information content (AvgIpc) is 3.28. The molecule has 9 heteroatoms. The second-order valence-electron chi connectivity index (χ2n) is 6.68. The lowest BCUT2D eigenvalue weighted by Crippen LogP contribution is -2.21. The summed E-state index contributed by atoms with van der Waals surface area (Å²) in [7, 11) is 3.01. The number of nitrogens with zero attached hydrogens (tertiary/aromatic N) is 3. The zero-order valence-electron chi connectivity index (χ0n) is 17.4. The van der Waals surface area contributed by atoms with E-state index in [1.54, 1.807) is 35.0 Å². The minimum atomic E-state index is -0.699. The van der Waals surface area contributed by atoms with Crippen molar-refractivity contribution in [2.45, 2.75) is 0 Å². The van der Waals surface area contributed by atoms with Crippen molar-refractivity contribution in [3.8, 4) is 22.8 Å². The molecule has 0 radical (unpaired) electrons. The number of rotatable bonds is 7. The highest BCUT2D eigenvalue weighted by Gasteiger charge is 2.19. The van der Waals surface area contributed by atoms with Crippen LogP contribution in [0.25, 0.3) is 16.9 Å². The Bertz CT molecular complexity index is 1270. The summed E-state index contributed by atoms with van der Waals surface area (Å²) in [5.41, 5.74) is 2.64. The number of anilines is 1. The summed E-state index contributed by atoms with van der Waals surface area (Å²) < 4.78 is 17.1. The second kappa shape index (κ2) is 9.17. The highest BCUT2D eigenvalue weighted by Crippen LogP contribution is 2.29. The van der Waals surface area contributed by atoms with Crippen molar-refractivity contribution in [3.05, 3.63) is 72.6 Å². The number of carbonyl (C=O) groups excluding carboxylic acids is 2. The van der Waals surface area contributed by atoms with E-state index in [1.807, 2.05) is 30.3 Å². The topological polar surface area (TPSA) is 104 Å². The Balaban J connectivity index is 1.46. The molecule has 32 heavy (non-hydrogen) atoms. The van der Waals surface area contributed by atoms with Gasteiger partial charge in [0, 0.05) is 17.8 Å². The minimum Gasteiger partial charge on any atom is -0.497 e. The zero-order chi connectivity index (χ0) is 22.5. The maximum Gasteiger partial charge on any atom is 0.344 e. The number of fused-ring (bicyclic) bond motifs is 1. The van der Waals surface area contributed by atoms with Gasteiger partial charge in [0.2, 0.25) is 0 Å². The molecule has 0 spiro atoms. The minimum absolute atomic E-state index is 0.164. The van der Waals surface area contributed by atoms with E-state index in [0.29, 0.717) is 22.8 Å². The molecule has 4 aromatic rings. The summed E-state index contributed by atoms with van der Waals surface area (Å²) in [6.07, 6.45) is 2.97. The Hall–Kier alpha value is -4.40. The third-order valence-corrected chi connectivity index (χ3v) is 4.71. The van der Waals surface area contributed by atoms with E-state index in [9.17, 15) is 9.59 Å². The van der Waals surface area contributed by atoms with Gasteiger partial charge in [-0.05, 0) is 18.2 Å². The number of hydrogen-bond acceptors (Lipinski definition) is 7. The molecule has 1 amide bonds. The summed E-state index contributed by atoms with van der Waals surface area (Å²) in [5, 5.41) is 6.92. The largest absolute Gasteiger partial charge is 0.497 e. The summed E-state index contributed by atoms with van der Waals surface area (Å²) in [6.45, 7) is -0.482. The molecule has 4 rings (SSSR count). The molecule has 0 saturated carbocycles. The standard InChI is InChI=1S/C23H20N4O5/c1-30-16-8-9-18(20(12-16)31-2)26-21(28)14-32-23(29)17-13-25-27-19(10-11-24-22(17)27)15-6-4-3-5-7-15/h3-13H,14H2,1-2H3,(H,26,28). The van der Waals surface area contributed by atoms with Gasteiger partial charge < -0.3 is 19.5 Å². The van der Waals surface area contributed by atoms with Crippen molar-refractivity contribution in [2.24, 2.45) is 0 Å². The Morgan fingerprint density at radius 3 is 2.59 bits per heavy atom. The van der Waals surface area contributed by atoms with Crippen LogP contribution in [-0.4, -0.2) is 47.3 Å². The number of esters is 1. The molecule has 1 N–H and O–H groups in total. The number of nitrogens with one attached hydrogen (secondary N) is 1. The van der Waals surface area contributed by atoms with E-state index >= 15 is 0 Å². The Kier molecular flexibility index (Phi) is 5.98. The van der Waals surface area contributed by atoms with Gasteiger partial charge in [-0.1, -0.05) is 30.3 Å². The molecule has 2 heterocycles. The van der Waals surface area contributed by atoms with E-state index in [2.05, 4.69) is 15.4 Å². The maximum atomic E-state index is 12.6. The van der Waals surface area contributed by atoms with Crippen molar-refractivity contribution in [3.63, 3.8) is 0 Å². The van der Waals surface area contributed by atoms with Gasteiger partial charge in [-0.2, -0.15) is 5.10 Å². The van der Waals surface area contributed by atoms with Gasteiger partial charge in [-0.3, -0.25) is 4.79 Å². The quantitative estimate of drug-likeness (QED) is 0.447. The van der Waals surface area contributed by atoms with Crippen LogP contribution in [0.15, 0.2) is 67.0 Å². The van der Waals surface area contributed by atoms with Gasteiger partial charge in [-0.15, -0.1) is 0 Å². The first kappa shape index (κ1) is 20.9. The maximum absolute atomic E-state index is 12.6. The number of methoxy groups -OCH3 is 2. The van der Waals surface area contributed by atoms with Crippen LogP contribution in [0.1, 0.15) is 10.4 Å². The predicted molar refractivity (Wildman–Crippen MR) is 117 cm³/mol. The fraction of sp³-hybridized carbons (Fsp3) is 0.130. The van der Waals surface area contributed by atoms with Crippen molar-refractivity contribution in [1.82, 2.24) is 14.6 Å². The van der Waals surface area contributed by atoms with Crippen molar-refractivity contribution in [1.29, 1.82) is 0 Å². The molecule has 0 unspecified atom stereocenters. The van der Waals surface area contributed by atoms with E-state index in [0.717, 1.165) is 11.3 Å². The first-order chi connectivity index (χ1) is 15.6. The van der Waals surface area contributed by atoms with E-state index in [1.165, 1.54) is 20.4 Å². The average molecular weight is 432 g/mol. The lowest BCUT2D eigenvalue weighted by atomic mass is 10.1. The Labute approximate surface area is 183 Å². The molecule has 0 atom stereocenters. The number of ether oxygens (including phenoxy) is 3. The number of benzene rings is 2. The van der Waals surface area contributed by atoms with Crippen molar-refractivity contribution in [2.75, 3.05) is 26.1 Å². The van der Waals surface area contributed by atoms with E-state index in [-0.39, 0.29) is 5.56 Å². The molecule has 162 valence electrons. The van der Waals surface area contributed by atoms with E-state index in [4.69, 9.17) is 14.2 Å². The van der Waals surface area contributed by atoms with Crippen molar-refractivity contribution < 1.29 is 23.8 Å². The van der Waals surface area contributed by atoms with Crippen LogP contribution in [0.2, 0.25) is 0 Å². The number of hydrogen-bond donors (Lipinski definition) is 1.